The van der Waals surface area contributed by atoms with Gasteiger partial charge in [0, 0.05) is 12.5 Å². The van der Waals surface area contributed by atoms with Gasteiger partial charge >= 0.3 is 0 Å². The Morgan fingerprint density at radius 3 is 3.12 bits per heavy atom. The minimum absolute atomic E-state index is 0.0561. The molecule has 1 aromatic rings. The van der Waals surface area contributed by atoms with E-state index in [2.05, 4.69) is 15.6 Å². The molecule has 2 rings (SSSR count). The van der Waals surface area contributed by atoms with Gasteiger partial charge in [-0.3, -0.25) is 9.48 Å². The molecule has 0 radical (unpaired) electrons. The highest BCUT2D eigenvalue weighted by atomic mass is 16.3. The molecular formula is C11H18N4O2. The average Bonchev–Trinajstić information content (AvgIpc) is 3.00. The van der Waals surface area contributed by atoms with Crippen molar-refractivity contribution in [2.45, 2.75) is 51.3 Å². The van der Waals surface area contributed by atoms with E-state index >= 15 is 0 Å². The topological polar surface area (TPSA) is 80.0 Å². The molecule has 6 nitrogen and oxygen atoms in total. The SMILES string of the molecule is CCC(O)c1cn(CCC(=O)NC2CC2)nn1. The number of nitrogens with one attached hydrogen (secondary N) is 1. The molecule has 1 unspecified atom stereocenters. The van der Waals surface area contributed by atoms with Crippen LogP contribution in [0.4, 0.5) is 0 Å². The summed E-state index contributed by atoms with van der Waals surface area (Å²) in [6.07, 6.45) is 4.34. The van der Waals surface area contributed by atoms with E-state index in [-0.39, 0.29) is 5.91 Å². The highest BCUT2D eigenvalue weighted by molar-refractivity contribution is 5.76. The van der Waals surface area contributed by atoms with Crippen LogP contribution < -0.4 is 5.32 Å². The number of rotatable bonds is 6. The largest absolute Gasteiger partial charge is 0.387 e. The van der Waals surface area contributed by atoms with Crippen LogP contribution in [0.5, 0.6) is 0 Å². The van der Waals surface area contributed by atoms with Gasteiger partial charge in [0.15, 0.2) is 0 Å². The number of aliphatic hydroxyl groups excluding tert-OH is 1. The summed E-state index contributed by atoms with van der Waals surface area (Å²) in [5.41, 5.74) is 0.565. The maximum absolute atomic E-state index is 11.4. The number of aryl methyl sites for hydroxylation is 1. The zero-order chi connectivity index (χ0) is 12.3. The van der Waals surface area contributed by atoms with E-state index in [0.717, 1.165) is 12.8 Å². The van der Waals surface area contributed by atoms with Crippen molar-refractivity contribution in [2.24, 2.45) is 0 Å². The first-order chi connectivity index (χ1) is 8.19. The van der Waals surface area contributed by atoms with E-state index in [1.54, 1.807) is 10.9 Å². The first-order valence-corrected chi connectivity index (χ1v) is 6.06. The Bertz CT molecular complexity index is 387. The third kappa shape index (κ3) is 3.52. The molecule has 1 atom stereocenters. The second kappa shape index (κ2) is 5.27. The van der Waals surface area contributed by atoms with Crippen LogP contribution in [0.1, 0.15) is 44.4 Å². The molecule has 0 aromatic carbocycles. The molecule has 1 amide bonds. The zero-order valence-corrected chi connectivity index (χ0v) is 9.96. The van der Waals surface area contributed by atoms with E-state index < -0.39 is 6.10 Å². The summed E-state index contributed by atoms with van der Waals surface area (Å²) in [6, 6.07) is 0.399. The Kier molecular flexibility index (Phi) is 3.73. The third-order valence-electron chi connectivity index (χ3n) is 2.79. The Hall–Kier alpha value is -1.43. The van der Waals surface area contributed by atoms with Crippen molar-refractivity contribution in [1.29, 1.82) is 0 Å². The third-order valence-corrected chi connectivity index (χ3v) is 2.79. The second-order valence-corrected chi connectivity index (χ2v) is 4.42. The standard InChI is InChI=1S/C11H18N4O2/c1-2-10(16)9-7-15(14-13-9)6-5-11(17)12-8-3-4-8/h7-8,10,16H,2-6H2,1H3,(H,12,17). The molecule has 1 aromatic heterocycles. The maximum atomic E-state index is 11.4. The molecule has 94 valence electrons. The number of aliphatic hydroxyl groups is 1. The van der Waals surface area contributed by atoms with Gasteiger partial charge in [-0.25, -0.2) is 0 Å². The molecule has 0 bridgehead atoms. The van der Waals surface area contributed by atoms with Crippen LogP contribution in [-0.2, 0) is 11.3 Å². The number of aromatic nitrogens is 3. The molecule has 0 saturated heterocycles. The normalized spacial score (nSPS) is 16.8. The minimum Gasteiger partial charge on any atom is -0.387 e. The van der Waals surface area contributed by atoms with Crippen molar-refractivity contribution in [3.8, 4) is 0 Å². The summed E-state index contributed by atoms with van der Waals surface area (Å²) in [5, 5.41) is 20.2. The van der Waals surface area contributed by atoms with E-state index in [4.69, 9.17) is 0 Å². The Morgan fingerprint density at radius 2 is 2.47 bits per heavy atom. The van der Waals surface area contributed by atoms with Crippen LogP contribution in [0.2, 0.25) is 0 Å². The Morgan fingerprint density at radius 1 is 1.71 bits per heavy atom. The van der Waals surface area contributed by atoms with Crippen molar-refractivity contribution < 1.29 is 9.90 Å². The van der Waals surface area contributed by atoms with Crippen molar-refractivity contribution in [2.75, 3.05) is 0 Å². The molecule has 0 aliphatic heterocycles. The summed E-state index contributed by atoms with van der Waals surface area (Å²) in [5.74, 6) is 0.0561. The van der Waals surface area contributed by atoms with Gasteiger partial charge in [0.2, 0.25) is 5.91 Å². The van der Waals surface area contributed by atoms with Crippen molar-refractivity contribution in [3.05, 3.63) is 11.9 Å². The molecule has 1 aliphatic carbocycles. The molecule has 0 spiro atoms. The molecule has 17 heavy (non-hydrogen) atoms. The fraction of sp³-hybridized carbons (Fsp3) is 0.727. The lowest BCUT2D eigenvalue weighted by molar-refractivity contribution is -0.121. The van der Waals surface area contributed by atoms with E-state index in [9.17, 15) is 9.90 Å². The van der Waals surface area contributed by atoms with Crippen molar-refractivity contribution >= 4 is 5.91 Å². The highest BCUT2D eigenvalue weighted by Gasteiger charge is 2.22. The Balaban J connectivity index is 1.77. The molecule has 1 heterocycles. The lowest BCUT2D eigenvalue weighted by Crippen LogP contribution is -2.26. The first kappa shape index (κ1) is 12.0. The molecular weight excluding hydrogens is 220 g/mol. The fourth-order valence-corrected chi connectivity index (χ4v) is 1.53. The van der Waals surface area contributed by atoms with E-state index in [0.29, 0.717) is 31.1 Å². The van der Waals surface area contributed by atoms with E-state index in [1.807, 2.05) is 6.92 Å². The predicted octanol–water partition coefficient (Wildman–Crippen LogP) is 0.390. The van der Waals surface area contributed by atoms with Crippen molar-refractivity contribution in [3.63, 3.8) is 0 Å². The van der Waals surface area contributed by atoms with Gasteiger partial charge in [-0.05, 0) is 19.3 Å². The van der Waals surface area contributed by atoms with Gasteiger partial charge in [0.1, 0.15) is 5.69 Å². The van der Waals surface area contributed by atoms with Crippen LogP contribution in [0.3, 0.4) is 0 Å². The fourth-order valence-electron chi connectivity index (χ4n) is 1.53. The number of carbonyl (C=O) groups excluding carboxylic acids is 1. The van der Waals surface area contributed by atoms with Gasteiger partial charge < -0.3 is 10.4 Å². The van der Waals surface area contributed by atoms with Gasteiger partial charge in [-0.2, -0.15) is 0 Å². The van der Waals surface area contributed by atoms with Crippen LogP contribution in [0.15, 0.2) is 6.20 Å². The first-order valence-electron chi connectivity index (χ1n) is 6.06. The lowest BCUT2D eigenvalue weighted by atomic mass is 10.2. The predicted molar refractivity (Wildman–Crippen MR) is 61.1 cm³/mol. The summed E-state index contributed by atoms with van der Waals surface area (Å²) in [4.78, 5) is 11.4. The van der Waals surface area contributed by atoms with Crippen LogP contribution in [0, 0.1) is 0 Å². The molecule has 1 fully saturated rings. The maximum Gasteiger partial charge on any atom is 0.222 e. The number of amides is 1. The lowest BCUT2D eigenvalue weighted by Gasteiger charge is -2.03. The number of hydrogen-bond acceptors (Lipinski definition) is 4. The Labute approximate surface area is 100 Å². The van der Waals surface area contributed by atoms with Crippen molar-refractivity contribution in [1.82, 2.24) is 20.3 Å². The molecule has 1 saturated carbocycles. The average molecular weight is 238 g/mol. The monoisotopic (exact) mass is 238 g/mol. The minimum atomic E-state index is -0.566. The summed E-state index contributed by atoms with van der Waals surface area (Å²) in [6.45, 7) is 2.38. The van der Waals surface area contributed by atoms with Crippen LogP contribution in [0.25, 0.3) is 0 Å². The molecule has 6 heteroatoms. The molecule has 2 N–H and O–H groups in total. The van der Waals surface area contributed by atoms with Gasteiger partial charge in [0.05, 0.1) is 18.8 Å². The zero-order valence-electron chi connectivity index (χ0n) is 9.96. The van der Waals surface area contributed by atoms with Crippen LogP contribution in [-0.4, -0.2) is 32.0 Å². The van der Waals surface area contributed by atoms with E-state index in [1.165, 1.54) is 0 Å². The quantitative estimate of drug-likeness (QED) is 0.751. The number of carbonyl (C=O) groups is 1. The number of nitrogens with zero attached hydrogens (tertiary/aromatic N) is 3. The smallest absolute Gasteiger partial charge is 0.222 e. The molecule has 1 aliphatic rings. The summed E-state index contributed by atoms with van der Waals surface area (Å²) in [7, 11) is 0. The van der Waals surface area contributed by atoms with Gasteiger partial charge in [-0.1, -0.05) is 12.1 Å². The van der Waals surface area contributed by atoms with Gasteiger partial charge in [0.25, 0.3) is 0 Å². The summed E-state index contributed by atoms with van der Waals surface area (Å²) < 4.78 is 1.60. The number of hydrogen-bond donors (Lipinski definition) is 2. The second-order valence-electron chi connectivity index (χ2n) is 4.42. The highest BCUT2D eigenvalue weighted by Crippen LogP contribution is 2.18. The van der Waals surface area contributed by atoms with Gasteiger partial charge in [-0.15, -0.1) is 5.10 Å². The summed E-state index contributed by atoms with van der Waals surface area (Å²) >= 11 is 0. The van der Waals surface area contributed by atoms with Crippen LogP contribution >= 0.6 is 0 Å².